The van der Waals surface area contributed by atoms with Crippen molar-refractivity contribution in [3.63, 3.8) is 0 Å². The Morgan fingerprint density at radius 1 is 1.16 bits per heavy atom. The van der Waals surface area contributed by atoms with Crippen LogP contribution in [0.2, 0.25) is 0 Å². The zero-order chi connectivity index (χ0) is 23.0. The average molecular weight is 437 g/mol. The van der Waals surface area contributed by atoms with E-state index in [1.54, 1.807) is 0 Å². The largest absolute Gasteiger partial charge is 0.416 e. The van der Waals surface area contributed by atoms with Gasteiger partial charge < -0.3 is 20.5 Å². The number of rotatable bonds is 4. The summed E-state index contributed by atoms with van der Waals surface area (Å²) in [6.07, 6.45) is -4.43. The lowest BCUT2D eigenvalue weighted by atomic mass is 9.86. The van der Waals surface area contributed by atoms with Crippen LogP contribution in [-0.4, -0.2) is 41.0 Å². The highest BCUT2D eigenvalue weighted by Gasteiger charge is 2.35. The van der Waals surface area contributed by atoms with Gasteiger partial charge in [-0.3, -0.25) is 9.59 Å². The number of benzene rings is 1. The Labute approximate surface area is 178 Å². The summed E-state index contributed by atoms with van der Waals surface area (Å²) in [5, 5.41) is 8.50. The van der Waals surface area contributed by atoms with Crippen molar-refractivity contribution in [2.75, 3.05) is 13.6 Å². The zero-order valence-electron chi connectivity index (χ0n) is 17.9. The first-order valence-corrected chi connectivity index (χ1v) is 9.93. The Balaban J connectivity index is 1.98. The number of nitrogens with one attached hydrogen (secondary N) is 3. The van der Waals surface area contributed by atoms with Gasteiger partial charge in [0.25, 0.3) is 5.91 Å². The number of imidazole rings is 1. The summed E-state index contributed by atoms with van der Waals surface area (Å²) >= 11 is 0. The second-order valence-electron chi connectivity index (χ2n) is 8.52. The summed E-state index contributed by atoms with van der Waals surface area (Å²) in [5.41, 5.74) is -0.0263. The number of carbonyl (C=O) groups excluding carboxylic acids is 2. The monoisotopic (exact) mass is 437 g/mol. The van der Waals surface area contributed by atoms with Gasteiger partial charge in [-0.2, -0.15) is 13.2 Å². The van der Waals surface area contributed by atoms with Crippen LogP contribution in [0.5, 0.6) is 0 Å². The fourth-order valence-electron chi connectivity index (χ4n) is 3.53. The number of alkyl halides is 3. The topological polar surface area (TPSA) is 88.1 Å². The molecule has 0 saturated carbocycles. The summed E-state index contributed by atoms with van der Waals surface area (Å²) < 4.78 is 40.5. The first-order chi connectivity index (χ1) is 14.4. The summed E-state index contributed by atoms with van der Waals surface area (Å²) in [4.78, 5) is 29.9. The van der Waals surface area contributed by atoms with Crippen LogP contribution in [0.15, 0.2) is 24.3 Å². The molecule has 0 bridgehead atoms. The van der Waals surface area contributed by atoms with E-state index >= 15 is 0 Å². The van der Waals surface area contributed by atoms with Crippen molar-refractivity contribution in [1.82, 2.24) is 25.5 Å². The molecule has 0 spiro atoms. The molecule has 0 fully saturated rings. The molecule has 0 unspecified atom stereocenters. The normalized spacial score (nSPS) is 15.2. The van der Waals surface area contributed by atoms with Crippen LogP contribution in [0, 0.1) is 5.41 Å². The molecule has 1 aromatic heterocycles. The van der Waals surface area contributed by atoms with Gasteiger partial charge >= 0.3 is 6.18 Å². The predicted molar refractivity (Wildman–Crippen MR) is 109 cm³/mol. The molecular formula is C21H26F3N5O2. The molecule has 168 valence electrons. The minimum Gasteiger partial charge on any atom is -0.357 e. The first kappa shape index (κ1) is 22.8. The van der Waals surface area contributed by atoms with Crippen molar-refractivity contribution >= 4 is 11.8 Å². The standard InChI is InChI=1S/C21H26F3N5O2/c1-20(2,3)16(19(31)25-4)28-18(30)15-14-11-26-9-10-29(14)17(27-15)12-5-7-13(8-6-12)21(22,23)24/h5-8,16,26H,9-11H2,1-4H3,(H,25,31)(H,28,30)/t16-/m1/s1. The maximum Gasteiger partial charge on any atom is 0.416 e. The number of aromatic nitrogens is 2. The maximum atomic E-state index is 13.1. The van der Waals surface area contributed by atoms with Gasteiger partial charge in [0.1, 0.15) is 11.9 Å². The maximum absolute atomic E-state index is 13.1. The average Bonchev–Trinajstić information content (AvgIpc) is 3.10. The van der Waals surface area contributed by atoms with Crippen LogP contribution < -0.4 is 16.0 Å². The van der Waals surface area contributed by atoms with E-state index in [9.17, 15) is 22.8 Å². The van der Waals surface area contributed by atoms with E-state index in [4.69, 9.17) is 0 Å². The molecule has 1 aliphatic heterocycles. The number of carbonyl (C=O) groups is 2. The fraction of sp³-hybridized carbons (Fsp3) is 0.476. The van der Waals surface area contributed by atoms with Gasteiger partial charge in [0.05, 0.1) is 11.3 Å². The molecule has 0 aliphatic carbocycles. The molecule has 2 amide bonds. The highest BCUT2D eigenvalue weighted by molar-refractivity contribution is 5.97. The Bertz CT molecular complexity index is 975. The van der Waals surface area contributed by atoms with Gasteiger partial charge in [-0.15, -0.1) is 0 Å². The molecule has 0 radical (unpaired) electrons. The van der Waals surface area contributed by atoms with Crippen LogP contribution in [-0.2, 0) is 24.1 Å². The van der Waals surface area contributed by atoms with E-state index in [0.29, 0.717) is 36.7 Å². The molecule has 0 saturated heterocycles. The van der Waals surface area contributed by atoms with E-state index in [-0.39, 0.29) is 11.6 Å². The lowest BCUT2D eigenvalue weighted by Gasteiger charge is -2.29. The van der Waals surface area contributed by atoms with Crippen molar-refractivity contribution in [3.05, 3.63) is 41.2 Å². The van der Waals surface area contributed by atoms with Crippen LogP contribution in [0.25, 0.3) is 11.4 Å². The molecule has 2 aromatic rings. The third-order valence-corrected chi connectivity index (χ3v) is 5.21. The molecule has 1 aromatic carbocycles. The molecular weight excluding hydrogens is 411 g/mol. The van der Waals surface area contributed by atoms with E-state index in [0.717, 1.165) is 12.1 Å². The quantitative estimate of drug-likeness (QED) is 0.686. The number of amides is 2. The molecule has 1 atom stereocenters. The van der Waals surface area contributed by atoms with Crippen LogP contribution in [0.4, 0.5) is 13.2 Å². The van der Waals surface area contributed by atoms with Crippen molar-refractivity contribution in [2.24, 2.45) is 5.41 Å². The third-order valence-electron chi connectivity index (χ3n) is 5.21. The van der Waals surface area contributed by atoms with E-state index < -0.39 is 29.1 Å². The Morgan fingerprint density at radius 2 is 1.81 bits per heavy atom. The smallest absolute Gasteiger partial charge is 0.357 e. The molecule has 10 heteroatoms. The fourth-order valence-corrected chi connectivity index (χ4v) is 3.53. The molecule has 3 rings (SSSR count). The van der Waals surface area contributed by atoms with E-state index in [1.807, 2.05) is 25.3 Å². The summed E-state index contributed by atoms with van der Waals surface area (Å²) in [6, 6.07) is 3.92. The van der Waals surface area contributed by atoms with Gasteiger partial charge in [0, 0.05) is 32.2 Å². The number of nitrogens with zero attached hydrogens (tertiary/aromatic N) is 2. The molecule has 3 N–H and O–H groups in total. The number of hydrogen-bond acceptors (Lipinski definition) is 4. The van der Waals surface area contributed by atoms with Gasteiger partial charge in [0.15, 0.2) is 5.69 Å². The van der Waals surface area contributed by atoms with Crippen molar-refractivity contribution in [3.8, 4) is 11.4 Å². The van der Waals surface area contributed by atoms with Crippen LogP contribution in [0.1, 0.15) is 42.5 Å². The highest BCUT2D eigenvalue weighted by atomic mass is 19.4. The number of likely N-dealkylation sites (N-methyl/N-ethyl adjacent to an activating group) is 1. The summed E-state index contributed by atoms with van der Waals surface area (Å²) in [7, 11) is 1.50. The van der Waals surface area contributed by atoms with Gasteiger partial charge in [-0.1, -0.05) is 32.9 Å². The lowest BCUT2D eigenvalue weighted by Crippen LogP contribution is -2.53. The van der Waals surface area contributed by atoms with Crippen molar-refractivity contribution in [2.45, 2.75) is 46.1 Å². The van der Waals surface area contributed by atoms with Crippen molar-refractivity contribution < 1.29 is 22.8 Å². The zero-order valence-corrected chi connectivity index (χ0v) is 17.9. The highest BCUT2D eigenvalue weighted by Crippen LogP contribution is 2.32. The van der Waals surface area contributed by atoms with Crippen LogP contribution >= 0.6 is 0 Å². The molecule has 2 heterocycles. The third kappa shape index (κ3) is 4.73. The van der Waals surface area contributed by atoms with Gasteiger partial charge in [0.2, 0.25) is 5.91 Å². The number of hydrogen-bond donors (Lipinski definition) is 3. The molecule has 1 aliphatic rings. The van der Waals surface area contributed by atoms with Crippen molar-refractivity contribution in [1.29, 1.82) is 0 Å². The Kier molecular flexibility index (Phi) is 6.13. The Hall–Kier alpha value is -2.88. The summed E-state index contributed by atoms with van der Waals surface area (Å²) in [6.45, 7) is 7.06. The SMILES string of the molecule is CNC(=O)[C@@H](NC(=O)c1nc(-c2ccc(C(F)(F)F)cc2)n2c1CNCC2)C(C)(C)C. The van der Waals surface area contributed by atoms with E-state index in [1.165, 1.54) is 19.2 Å². The lowest BCUT2D eigenvalue weighted by molar-refractivity contribution is -0.137. The molecule has 31 heavy (non-hydrogen) atoms. The summed E-state index contributed by atoms with van der Waals surface area (Å²) in [5.74, 6) is -0.410. The second kappa shape index (κ2) is 8.33. The van der Waals surface area contributed by atoms with Gasteiger partial charge in [-0.05, 0) is 17.5 Å². The van der Waals surface area contributed by atoms with Crippen LogP contribution in [0.3, 0.4) is 0 Å². The number of halogens is 3. The van der Waals surface area contributed by atoms with E-state index in [2.05, 4.69) is 20.9 Å². The number of fused-ring (bicyclic) bond motifs is 1. The second-order valence-corrected chi connectivity index (χ2v) is 8.52. The minimum atomic E-state index is -4.43. The molecule has 7 nitrogen and oxygen atoms in total. The minimum absolute atomic E-state index is 0.153. The first-order valence-electron chi connectivity index (χ1n) is 9.93. The predicted octanol–water partition coefficient (Wildman–Crippen LogP) is 2.56. The Morgan fingerprint density at radius 3 is 2.35 bits per heavy atom. The van der Waals surface area contributed by atoms with Gasteiger partial charge in [-0.25, -0.2) is 4.98 Å².